The molecule has 2 aromatic carbocycles. The van der Waals surface area contributed by atoms with E-state index in [0.717, 1.165) is 5.06 Å². The van der Waals surface area contributed by atoms with Crippen molar-refractivity contribution in [1.82, 2.24) is 5.06 Å². The van der Waals surface area contributed by atoms with Gasteiger partial charge in [0.15, 0.2) is 5.75 Å². The molecule has 0 fully saturated rings. The highest BCUT2D eigenvalue weighted by Gasteiger charge is 2.50. The molecule has 0 aromatic heterocycles. The maximum absolute atomic E-state index is 15.0. The fraction of sp³-hybridized carbons (Fsp3) is 0.316. The molecule has 3 unspecified atom stereocenters. The van der Waals surface area contributed by atoms with E-state index >= 15 is 0 Å². The number of amides is 2. The van der Waals surface area contributed by atoms with Crippen molar-refractivity contribution >= 4 is 11.7 Å². The number of rotatable bonds is 2. The zero-order valence-electron chi connectivity index (χ0n) is 15.0. The van der Waals surface area contributed by atoms with Crippen LogP contribution in [0.15, 0.2) is 36.4 Å². The van der Waals surface area contributed by atoms with E-state index in [1.54, 1.807) is 38.1 Å². The smallest absolute Gasteiger partial charge is 0.333 e. The number of alkyl halides is 2. The Kier molecular flexibility index (Phi) is 3.80. The van der Waals surface area contributed by atoms with Gasteiger partial charge < -0.3 is 4.89 Å². The van der Waals surface area contributed by atoms with Crippen LogP contribution in [0, 0.1) is 0 Å². The Morgan fingerprint density at radius 2 is 1.79 bits per heavy atom. The lowest BCUT2D eigenvalue weighted by molar-refractivity contribution is -0.448. The Hall–Kier alpha value is -2.75. The maximum atomic E-state index is 15.0. The summed E-state index contributed by atoms with van der Waals surface area (Å²) in [5.74, 6) is -0.0943. The van der Waals surface area contributed by atoms with Crippen LogP contribution in [0.5, 0.6) is 5.75 Å². The van der Waals surface area contributed by atoms with Crippen LogP contribution in [0.2, 0.25) is 0 Å². The van der Waals surface area contributed by atoms with Crippen LogP contribution >= 0.6 is 0 Å². The quantitative estimate of drug-likeness (QED) is 0.704. The predicted molar refractivity (Wildman–Crippen MR) is 91.2 cm³/mol. The number of benzene rings is 2. The van der Waals surface area contributed by atoms with E-state index in [9.17, 15) is 13.6 Å². The number of halogens is 2. The minimum atomic E-state index is -2.10. The van der Waals surface area contributed by atoms with Gasteiger partial charge in [-0.1, -0.05) is 30.3 Å². The van der Waals surface area contributed by atoms with E-state index in [1.807, 2.05) is 6.07 Å². The number of anilines is 1. The first kappa shape index (κ1) is 17.4. The van der Waals surface area contributed by atoms with Gasteiger partial charge in [-0.2, -0.15) is 9.95 Å². The van der Waals surface area contributed by atoms with Crippen molar-refractivity contribution in [2.75, 3.05) is 4.90 Å². The average molecular weight is 390 g/mol. The third-order valence-electron chi connectivity index (χ3n) is 5.05. The second-order valence-electron chi connectivity index (χ2n) is 7.01. The first-order valence-corrected chi connectivity index (χ1v) is 8.82. The number of hydroxylamine groups is 2. The Morgan fingerprint density at radius 1 is 1.04 bits per heavy atom. The normalized spacial score (nSPS) is 25.6. The summed E-state index contributed by atoms with van der Waals surface area (Å²) in [6, 6.07) is 8.79. The van der Waals surface area contributed by atoms with Crippen LogP contribution in [0.4, 0.5) is 19.3 Å². The molecule has 28 heavy (non-hydrogen) atoms. The highest BCUT2D eigenvalue weighted by Crippen LogP contribution is 2.55. The van der Waals surface area contributed by atoms with Crippen LogP contribution in [-0.2, 0) is 14.8 Å². The molecule has 3 atom stereocenters. The number of nitrogens with zero attached hydrogens (tertiary/aromatic N) is 2. The fourth-order valence-corrected chi connectivity index (χ4v) is 3.90. The Balaban J connectivity index is 1.87. The minimum absolute atomic E-state index is 0.000566. The lowest BCUT2D eigenvalue weighted by atomic mass is 9.88. The van der Waals surface area contributed by atoms with Gasteiger partial charge in [-0.25, -0.2) is 13.6 Å². The van der Waals surface area contributed by atoms with Crippen molar-refractivity contribution in [2.45, 2.75) is 38.6 Å². The van der Waals surface area contributed by atoms with E-state index in [-0.39, 0.29) is 22.9 Å². The zero-order chi connectivity index (χ0) is 19.6. The minimum Gasteiger partial charge on any atom is -0.333 e. The summed E-state index contributed by atoms with van der Waals surface area (Å²) < 4.78 is 29.2. The molecular formula is C19H16F2N2O5. The molecule has 2 amide bonds. The number of urea groups is 1. The van der Waals surface area contributed by atoms with Gasteiger partial charge in [0.25, 0.3) is 12.7 Å². The molecule has 0 aliphatic carbocycles. The lowest BCUT2D eigenvalue weighted by Crippen LogP contribution is -2.51. The third kappa shape index (κ3) is 2.27. The van der Waals surface area contributed by atoms with Gasteiger partial charge in [0, 0.05) is 11.6 Å². The summed E-state index contributed by atoms with van der Waals surface area (Å²) in [7, 11) is 0. The van der Waals surface area contributed by atoms with Crippen molar-refractivity contribution < 1.29 is 33.2 Å². The molecule has 146 valence electrons. The standard InChI is InChI=1S/C19H16F2N2O5/c1-9(2)22-12-8-11-16(25-26-17(11)20)14-13(12)15(10-6-4-3-5-7-10)23(19(22)24)28-27-18(14)21/h3-9,15,17-18H,1-2H3. The van der Waals surface area contributed by atoms with Crippen LogP contribution in [0.3, 0.4) is 0 Å². The molecule has 9 heteroatoms. The zero-order valence-corrected chi connectivity index (χ0v) is 15.0. The Labute approximate surface area is 158 Å². The number of hydrogen-bond donors (Lipinski definition) is 0. The summed E-state index contributed by atoms with van der Waals surface area (Å²) in [5.41, 5.74) is 1.39. The molecule has 3 aliphatic rings. The largest absolute Gasteiger partial charge is 0.352 e. The molecule has 2 aromatic rings. The van der Waals surface area contributed by atoms with Crippen molar-refractivity contribution in [3.63, 3.8) is 0 Å². The van der Waals surface area contributed by atoms with E-state index in [4.69, 9.17) is 14.8 Å². The van der Waals surface area contributed by atoms with Gasteiger partial charge in [0.2, 0.25) is 0 Å². The molecule has 7 nitrogen and oxygen atoms in total. The summed E-state index contributed by atoms with van der Waals surface area (Å²) in [5, 5.41) is 0.982. The summed E-state index contributed by atoms with van der Waals surface area (Å²) in [4.78, 5) is 34.1. The molecular weight excluding hydrogens is 374 g/mol. The first-order chi connectivity index (χ1) is 13.5. The Morgan fingerprint density at radius 3 is 2.50 bits per heavy atom. The van der Waals surface area contributed by atoms with Gasteiger partial charge >= 0.3 is 6.03 Å². The van der Waals surface area contributed by atoms with Crippen LogP contribution in [0.1, 0.15) is 54.9 Å². The summed E-state index contributed by atoms with van der Waals surface area (Å²) >= 11 is 0. The second kappa shape index (κ2) is 6.13. The van der Waals surface area contributed by atoms with Crippen molar-refractivity contribution in [2.24, 2.45) is 0 Å². The van der Waals surface area contributed by atoms with Gasteiger partial charge in [-0.15, -0.1) is 9.88 Å². The van der Waals surface area contributed by atoms with Crippen LogP contribution < -0.4 is 9.79 Å². The predicted octanol–water partition coefficient (Wildman–Crippen LogP) is 4.56. The van der Waals surface area contributed by atoms with Gasteiger partial charge in [0.05, 0.1) is 16.8 Å². The maximum Gasteiger partial charge on any atom is 0.352 e. The van der Waals surface area contributed by atoms with E-state index in [2.05, 4.69) is 4.89 Å². The van der Waals surface area contributed by atoms with Gasteiger partial charge in [0.1, 0.15) is 6.04 Å². The summed E-state index contributed by atoms with van der Waals surface area (Å²) in [6.45, 7) is 3.59. The Bertz CT molecular complexity index is 955. The molecule has 0 saturated carbocycles. The van der Waals surface area contributed by atoms with E-state index in [1.165, 1.54) is 11.0 Å². The monoisotopic (exact) mass is 390 g/mol. The highest BCUT2D eigenvalue weighted by molar-refractivity contribution is 5.97. The van der Waals surface area contributed by atoms with E-state index in [0.29, 0.717) is 16.8 Å². The molecule has 3 aliphatic heterocycles. The molecule has 2 bridgehead atoms. The molecule has 0 radical (unpaired) electrons. The fourth-order valence-electron chi connectivity index (χ4n) is 3.90. The number of carbonyl (C=O) groups is 1. The van der Waals surface area contributed by atoms with Gasteiger partial charge in [-0.05, 0) is 25.5 Å². The second-order valence-corrected chi connectivity index (χ2v) is 7.01. The van der Waals surface area contributed by atoms with Gasteiger partial charge in [-0.3, -0.25) is 4.90 Å². The topological polar surface area (TPSA) is 60.5 Å². The number of fused-ring (bicyclic) bond motifs is 3. The molecule has 0 spiro atoms. The van der Waals surface area contributed by atoms with Crippen molar-refractivity contribution in [1.29, 1.82) is 0 Å². The lowest BCUT2D eigenvalue weighted by Gasteiger charge is -2.41. The number of carbonyl (C=O) groups excluding carboxylic acids is 1. The van der Waals surface area contributed by atoms with Crippen LogP contribution in [-0.4, -0.2) is 17.1 Å². The third-order valence-corrected chi connectivity index (χ3v) is 5.05. The van der Waals surface area contributed by atoms with Crippen LogP contribution in [0.25, 0.3) is 0 Å². The SMILES string of the molecule is CC(C)N1C(=O)N2OOC(F)c3c4c(cc1c3C2c1ccccc1)C(F)OO4. The highest BCUT2D eigenvalue weighted by atomic mass is 19.2. The molecule has 3 heterocycles. The van der Waals surface area contributed by atoms with Crippen molar-refractivity contribution in [3.8, 4) is 5.75 Å². The molecule has 5 rings (SSSR count). The van der Waals surface area contributed by atoms with E-state index < -0.39 is 24.8 Å². The molecule has 0 saturated heterocycles. The first-order valence-electron chi connectivity index (χ1n) is 8.82. The van der Waals surface area contributed by atoms with Crippen molar-refractivity contribution in [3.05, 3.63) is 58.7 Å². The number of hydrogen-bond acceptors (Lipinski definition) is 5. The molecule has 0 N–H and O–H groups in total. The summed E-state index contributed by atoms with van der Waals surface area (Å²) in [6.07, 6.45) is -4.00. The average Bonchev–Trinajstić information content (AvgIpc) is 2.97.